The van der Waals surface area contributed by atoms with E-state index < -0.39 is 5.60 Å². The number of carbonyl (C=O) groups is 1. The fourth-order valence-electron chi connectivity index (χ4n) is 4.05. The number of hydrogen-bond donors (Lipinski definition) is 1. The van der Waals surface area contributed by atoms with Crippen LogP contribution in [0, 0.1) is 11.8 Å². The van der Waals surface area contributed by atoms with Gasteiger partial charge >= 0.3 is 0 Å². The Kier molecular flexibility index (Phi) is 6.05. The zero-order chi connectivity index (χ0) is 21.3. The lowest BCUT2D eigenvalue weighted by Gasteiger charge is -2.24. The van der Waals surface area contributed by atoms with Gasteiger partial charge in [-0.05, 0) is 82.2 Å². The van der Waals surface area contributed by atoms with Gasteiger partial charge in [-0.3, -0.25) is 14.4 Å². The molecule has 164 valence electrons. The van der Waals surface area contributed by atoms with E-state index >= 15 is 0 Å². The van der Waals surface area contributed by atoms with Gasteiger partial charge in [0, 0.05) is 19.6 Å². The zero-order valence-electron chi connectivity index (χ0n) is 18.9. The number of ether oxygens (including phenoxy) is 1. The first kappa shape index (κ1) is 21.2. The Bertz CT molecular complexity index is 892. The van der Waals surface area contributed by atoms with E-state index in [0.29, 0.717) is 24.3 Å². The maximum absolute atomic E-state index is 12.7. The third kappa shape index (κ3) is 4.97. The molecule has 1 aliphatic heterocycles. The van der Waals surface area contributed by atoms with E-state index in [1.165, 1.54) is 44.3 Å². The first-order chi connectivity index (χ1) is 14.3. The standard InChI is InChI=1S/C24H36N4O2/c1-17(2)14-25-23(29)24(3,4)30-22-20-13-19(15-27-11-5-6-12-27)9-10-21(20)28(26-22)16-18-7-8-18/h9-10,13,17-18H,5-8,11-12,14-16H2,1-4H3,(H,25,29). The minimum absolute atomic E-state index is 0.102. The van der Waals surface area contributed by atoms with E-state index in [2.05, 4.69) is 46.9 Å². The second-order valence-corrected chi connectivity index (χ2v) is 9.98. The monoisotopic (exact) mass is 412 g/mol. The van der Waals surface area contributed by atoms with Gasteiger partial charge in [-0.15, -0.1) is 5.10 Å². The fraction of sp³-hybridized carbons (Fsp3) is 0.667. The predicted octanol–water partition coefficient (Wildman–Crippen LogP) is 3.97. The Hall–Kier alpha value is -2.08. The van der Waals surface area contributed by atoms with Crippen LogP contribution in [0.2, 0.25) is 0 Å². The van der Waals surface area contributed by atoms with Gasteiger partial charge in [0.15, 0.2) is 5.60 Å². The van der Waals surface area contributed by atoms with Crippen LogP contribution in [0.1, 0.15) is 58.9 Å². The van der Waals surface area contributed by atoms with Crippen LogP contribution in [0.25, 0.3) is 10.9 Å². The number of amides is 1. The Morgan fingerprint density at radius 1 is 1.27 bits per heavy atom. The summed E-state index contributed by atoms with van der Waals surface area (Å²) < 4.78 is 8.33. The molecule has 1 saturated carbocycles. The minimum atomic E-state index is -0.981. The number of rotatable bonds is 9. The van der Waals surface area contributed by atoms with Gasteiger partial charge in [-0.25, -0.2) is 0 Å². The van der Waals surface area contributed by atoms with Crippen LogP contribution in [0.3, 0.4) is 0 Å². The molecule has 1 amide bonds. The van der Waals surface area contributed by atoms with Crippen LogP contribution in [-0.2, 0) is 17.9 Å². The van der Waals surface area contributed by atoms with Crippen molar-refractivity contribution < 1.29 is 9.53 Å². The molecule has 1 saturated heterocycles. The quantitative estimate of drug-likeness (QED) is 0.677. The topological polar surface area (TPSA) is 59.4 Å². The predicted molar refractivity (Wildman–Crippen MR) is 120 cm³/mol. The van der Waals surface area contributed by atoms with Crippen LogP contribution in [0.15, 0.2) is 18.2 Å². The van der Waals surface area contributed by atoms with Gasteiger partial charge in [0.1, 0.15) is 0 Å². The fourth-order valence-corrected chi connectivity index (χ4v) is 4.05. The molecule has 2 heterocycles. The van der Waals surface area contributed by atoms with Crippen LogP contribution >= 0.6 is 0 Å². The molecule has 2 fully saturated rings. The molecule has 1 aromatic carbocycles. The summed E-state index contributed by atoms with van der Waals surface area (Å²) in [6.45, 7) is 12.7. The largest absolute Gasteiger partial charge is 0.460 e. The van der Waals surface area contributed by atoms with Crippen molar-refractivity contribution in [2.75, 3.05) is 19.6 Å². The lowest BCUT2D eigenvalue weighted by molar-refractivity contribution is -0.134. The van der Waals surface area contributed by atoms with E-state index in [4.69, 9.17) is 9.84 Å². The number of nitrogens with one attached hydrogen (secondary N) is 1. The number of fused-ring (bicyclic) bond motifs is 1. The zero-order valence-corrected chi connectivity index (χ0v) is 18.9. The van der Waals surface area contributed by atoms with Crippen molar-refractivity contribution in [3.8, 4) is 5.88 Å². The molecule has 1 N–H and O–H groups in total. The maximum Gasteiger partial charge on any atom is 0.263 e. The number of aromatic nitrogens is 2. The van der Waals surface area contributed by atoms with Crippen molar-refractivity contribution in [3.05, 3.63) is 23.8 Å². The molecule has 0 atom stereocenters. The number of likely N-dealkylation sites (tertiary alicyclic amines) is 1. The Morgan fingerprint density at radius 3 is 2.67 bits per heavy atom. The maximum atomic E-state index is 12.7. The van der Waals surface area contributed by atoms with Gasteiger partial charge in [0.05, 0.1) is 10.9 Å². The minimum Gasteiger partial charge on any atom is -0.460 e. The van der Waals surface area contributed by atoms with Crippen molar-refractivity contribution >= 4 is 16.8 Å². The molecule has 2 aromatic rings. The molecule has 1 aliphatic carbocycles. The van der Waals surface area contributed by atoms with Crippen LogP contribution < -0.4 is 10.1 Å². The second kappa shape index (κ2) is 8.58. The molecule has 1 aromatic heterocycles. The summed E-state index contributed by atoms with van der Waals surface area (Å²) in [6, 6.07) is 6.60. The molecule has 4 rings (SSSR count). The summed E-state index contributed by atoms with van der Waals surface area (Å²) in [5.41, 5.74) is 1.40. The van der Waals surface area contributed by atoms with Crippen LogP contribution in [-0.4, -0.2) is 45.8 Å². The first-order valence-corrected chi connectivity index (χ1v) is 11.5. The van der Waals surface area contributed by atoms with E-state index in [1.807, 2.05) is 13.8 Å². The smallest absolute Gasteiger partial charge is 0.263 e. The second-order valence-electron chi connectivity index (χ2n) is 9.98. The third-order valence-corrected chi connectivity index (χ3v) is 6.08. The summed E-state index contributed by atoms with van der Waals surface area (Å²) in [7, 11) is 0. The number of nitrogens with zero attached hydrogens (tertiary/aromatic N) is 3. The molecule has 6 heteroatoms. The van der Waals surface area contributed by atoms with E-state index in [9.17, 15) is 4.79 Å². The van der Waals surface area contributed by atoms with E-state index in [1.54, 1.807) is 0 Å². The summed E-state index contributed by atoms with van der Waals surface area (Å²) >= 11 is 0. The highest BCUT2D eigenvalue weighted by Gasteiger charge is 2.32. The summed E-state index contributed by atoms with van der Waals surface area (Å²) in [5.74, 6) is 1.58. The lowest BCUT2D eigenvalue weighted by Crippen LogP contribution is -2.47. The first-order valence-electron chi connectivity index (χ1n) is 11.5. The molecule has 0 spiro atoms. The Morgan fingerprint density at radius 2 is 2.00 bits per heavy atom. The number of benzene rings is 1. The number of hydrogen-bond acceptors (Lipinski definition) is 4. The molecular weight excluding hydrogens is 376 g/mol. The van der Waals surface area contributed by atoms with E-state index in [-0.39, 0.29) is 5.91 Å². The molecular formula is C24H36N4O2. The lowest BCUT2D eigenvalue weighted by atomic mass is 10.1. The highest BCUT2D eigenvalue weighted by molar-refractivity contribution is 5.88. The number of carbonyl (C=O) groups excluding carboxylic acids is 1. The van der Waals surface area contributed by atoms with E-state index in [0.717, 1.165) is 24.0 Å². The summed E-state index contributed by atoms with van der Waals surface area (Å²) in [5, 5.41) is 8.81. The molecule has 2 aliphatic rings. The van der Waals surface area contributed by atoms with Gasteiger partial charge in [0.25, 0.3) is 5.91 Å². The summed E-state index contributed by atoms with van der Waals surface area (Å²) in [6.07, 6.45) is 5.12. The highest BCUT2D eigenvalue weighted by Crippen LogP contribution is 2.35. The van der Waals surface area contributed by atoms with Crippen molar-refractivity contribution in [2.45, 2.75) is 72.1 Å². The van der Waals surface area contributed by atoms with Crippen LogP contribution in [0.5, 0.6) is 5.88 Å². The average molecular weight is 413 g/mol. The van der Waals surface area contributed by atoms with Crippen molar-refractivity contribution in [1.29, 1.82) is 0 Å². The molecule has 30 heavy (non-hydrogen) atoms. The molecule has 0 radical (unpaired) electrons. The van der Waals surface area contributed by atoms with Crippen LogP contribution in [0.4, 0.5) is 0 Å². The Balaban J connectivity index is 1.59. The summed E-state index contributed by atoms with van der Waals surface area (Å²) in [4.78, 5) is 15.2. The van der Waals surface area contributed by atoms with Crippen molar-refractivity contribution in [2.24, 2.45) is 11.8 Å². The average Bonchev–Trinajstić information content (AvgIpc) is 3.25. The third-order valence-electron chi connectivity index (χ3n) is 6.08. The molecule has 6 nitrogen and oxygen atoms in total. The van der Waals surface area contributed by atoms with Gasteiger partial charge < -0.3 is 10.1 Å². The van der Waals surface area contributed by atoms with Crippen molar-refractivity contribution in [3.63, 3.8) is 0 Å². The molecule has 0 bridgehead atoms. The van der Waals surface area contributed by atoms with Gasteiger partial charge in [-0.2, -0.15) is 0 Å². The SMILES string of the molecule is CC(C)CNC(=O)C(C)(C)Oc1nn(CC2CC2)c2ccc(CN3CCCC3)cc12. The van der Waals surface area contributed by atoms with Crippen molar-refractivity contribution in [1.82, 2.24) is 20.0 Å². The van der Waals surface area contributed by atoms with Gasteiger partial charge in [-0.1, -0.05) is 19.9 Å². The normalized spacial score (nSPS) is 17.8. The highest BCUT2D eigenvalue weighted by atomic mass is 16.5. The van der Waals surface area contributed by atoms with Gasteiger partial charge in [0.2, 0.25) is 5.88 Å². The Labute approximate surface area is 179 Å². The molecule has 0 unspecified atom stereocenters.